The van der Waals surface area contributed by atoms with Crippen LogP contribution in [0, 0.1) is 0 Å². The smallest absolute Gasteiger partial charge is 0.123 e. The van der Waals surface area contributed by atoms with E-state index in [2.05, 4.69) is 17.1 Å². The summed E-state index contributed by atoms with van der Waals surface area (Å²) < 4.78 is 5.56. The lowest BCUT2D eigenvalue weighted by Crippen LogP contribution is -1.92. The van der Waals surface area contributed by atoms with Crippen LogP contribution in [0.1, 0.15) is 5.56 Å². The third-order valence-corrected chi connectivity index (χ3v) is 3.04. The SMILES string of the molecule is Nc1ccc(SCOCc2ccccc2)cn1. The highest BCUT2D eigenvalue weighted by Crippen LogP contribution is 2.17. The maximum Gasteiger partial charge on any atom is 0.123 e. The molecule has 88 valence electrons. The summed E-state index contributed by atoms with van der Waals surface area (Å²) in [5.74, 6) is 1.15. The van der Waals surface area contributed by atoms with Gasteiger partial charge < -0.3 is 10.5 Å². The molecule has 1 aromatic heterocycles. The van der Waals surface area contributed by atoms with Crippen LogP contribution in [0.25, 0.3) is 0 Å². The van der Waals surface area contributed by atoms with Crippen molar-refractivity contribution in [1.82, 2.24) is 4.98 Å². The molecular formula is C13H14N2OS. The average molecular weight is 246 g/mol. The molecule has 17 heavy (non-hydrogen) atoms. The normalized spacial score (nSPS) is 10.4. The zero-order chi connectivity index (χ0) is 11.9. The quantitative estimate of drug-likeness (QED) is 0.500. The highest BCUT2D eigenvalue weighted by atomic mass is 32.2. The summed E-state index contributed by atoms with van der Waals surface area (Å²) in [7, 11) is 0. The first-order valence-corrected chi connectivity index (χ1v) is 6.29. The van der Waals surface area contributed by atoms with Crippen LogP contribution in [0.4, 0.5) is 5.82 Å². The van der Waals surface area contributed by atoms with Crippen LogP contribution in [0.5, 0.6) is 0 Å². The molecule has 0 atom stereocenters. The maximum atomic E-state index is 5.56. The molecule has 0 saturated carbocycles. The fraction of sp³-hybridized carbons (Fsp3) is 0.154. The number of nitrogens with two attached hydrogens (primary N) is 1. The number of ether oxygens (including phenoxy) is 1. The Balaban J connectivity index is 1.71. The second kappa shape index (κ2) is 6.27. The summed E-state index contributed by atoms with van der Waals surface area (Å²) in [4.78, 5) is 5.08. The van der Waals surface area contributed by atoms with Gasteiger partial charge in [0.25, 0.3) is 0 Å². The molecule has 0 aliphatic heterocycles. The first-order valence-electron chi connectivity index (χ1n) is 5.30. The molecule has 1 heterocycles. The Morgan fingerprint density at radius 1 is 1.12 bits per heavy atom. The van der Waals surface area contributed by atoms with Gasteiger partial charge in [-0.3, -0.25) is 0 Å². The average Bonchev–Trinajstić information content (AvgIpc) is 2.38. The van der Waals surface area contributed by atoms with Crippen LogP contribution in [-0.4, -0.2) is 10.9 Å². The molecule has 0 saturated heterocycles. The molecule has 0 aliphatic carbocycles. The van der Waals surface area contributed by atoms with E-state index in [9.17, 15) is 0 Å². The fourth-order valence-electron chi connectivity index (χ4n) is 1.32. The van der Waals surface area contributed by atoms with E-state index < -0.39 is 0 Å². The van der Waals surface area contributed by atoms with Crippen molar-refractivity contribution in [3.63, 3.8) is 0 Å². The maximum absolute atomic E-state index is 5.56. The van der Waals surface area contributed by atoms with E-state index >= 15 is 0 Å². The van der Waals surface area contributed by atoms with Gasteiger partial charge in [0.15, 0.2) is 0 Å². The number of hydrogen-bond acceptors (Lipinski definition) is 4. The molecule has 2 rings (SSSR count). The van der Waals surface area contributed by atoms with Gasteiger partial charge in [-0.25, -0.2) is 4.98 Å². The number of nitrogen functional groups attached to an aromatic ring is 1. The first-order chi connectivity index (χ1) is 8.34. The standard InChI is InChI=1S/C13H14N2OS/c14-13-7-6-12(8-15-13)17-10-16-9-11-4-2-1-3-5-11/h1-8H,9-10H2,(H2,14,15). The van der Waals surface area contributed by atoms with Crippen molar-refractivity contribution in [3.05, 3.63) is 54.2 Å². The molecule has 4 heteroatoms. The van der Waals surface area contributed by atoms with Gasteiger partial charge in [-0.1, -0.05) is 42.1 Å². The molecule has 0 unspecified atom stereocenters. The highest BCUT2D eigenvalue weighted by Gasteiger charge is 1.95. The van der Waals surface area contributed by atoms with Gasteiger partial charge in [-0.05, 0) is 17.7 Å². The number of nitrogens with zero attached hydrogens (tertiary/aromatic N) is 1. The van der Waals surface area contributed by atoms with Crippen LogP contribution in [0.3, 0.4) is 0 Å². The van der Waals surface area contributed by atoms with Crippen molar-refractivity contribution < 1.29 is 4.74 Å². The van der Waals surface area contributed by atoms with Crippen LogP contribution in [0.15, 0.2) is 53.6 Å². The van der Waals surface area contributed by atoms with E-state index in [0.717, 1.165) is 4.90 Å². The predicted octanol–water partition coefficient (Wildman–Crippen LogP) is 2.93. The van der Waals surface area contributed by atoms with Gasteiger partial charge >= 0.3 is 0 Å². The van der Waals surface area contributed by atoms with Gasteiger partial charge in [0.1, 0.15) is 5.82 Å². The van der Waals surface area contributed by atoms with Crippen molar-refractivity contribution in [2.75, 3.05) is 11.7 Å². The highest BCUT2D eigenvalue weighted by molar-refractivity contribution is 7.99. The monoisotopic (exact) mass is 246 g/mol. The van der Waals surface area contributed by atoms with Gasteiger partial charge in [0.05, 0.1) is 12.5 Å². The second-order valence-corrected chi connectivity index (χ2v) is 4.51. The molecule has 1 aromatic carbocycles. The third kappa shape index (κ3) is 4.09. The van der Waals surface area contributed by atoms with Crippen molar-refractivity contribution in [3.8, 4) is 0 Å². The molecule has 0 bridgehead atoms. The summed E-state index contributed by atoms with van der Waals surface area (Å²) in [6.07, 6.45) is 1.76. The topological polar surface area (TPSA) is 48.1 Å². The zero-order valence-corrected chi connectivity index (χ0v) is 10.2. The molecule has 2 aromatic rings. The molecule has 0 fully saturated rings. The second-order valence-electron chi connectivity index (χ2n) is 3.52. The number of benzene rings is 1. The van der Waals surface area contributed by atoms with Crippen LogP contribution < -0.4 is 5.73 Å². The Morgan fingerprint density at radius 3 is 2.65 bits per heavy atom. The van der Waals surface area contributed by atoms with Gasteiger partial charge in [0, 0.05) is 11.1 Å². The molecular weight excluding hydrogens is 232 g/mol. The van der Waals surface area contributed by atoms with E-state index in [-0.39, 0.29) is 0 Å². The van der Waals surface area contributed by atoms with E-state index in [1.165, 1.54) is 5.56 Å². The Labute approximate surface area is 105 Å². The van der Waals surface area contributed by atoms with Gasteiger partial charge in [-0.2, -0.15) is 0 Å². The molecule has 0 amide bonds. The Morgan fingerprint density at radius 2 is 1.94 bits per heavy atom. The Hall–Kier alpha value is -1.52. The first kappa shape index (κ1) is 12.0. The van der Waals surface area contributed by atoms with E-state index in [4.69, 9.17) is 10.5 Å². The van der Waals surface area contributed by atoms with E-state index in [1.807, 2.05) is 24.3 Å². The number of pyridine rings is 1. The lowest BCUT2D eigenvalue weighted by atomic mass is 10.2. The summed E-state index contributed by atoms with van der Waals surface area (Å²) in [5.41, 5.74) is 6.69. The minimum atomic E-state index is 0.541. The minimum absolute atomic E-state index is 0.541. The third-order valence-electron chi connectivity index (χ3n) is 2.18. The summed E-state index contributed by atoms with van der Waals surface area (Å²) >= 11 is 1.61. The van der Waals surface area contributed by atoms with Crippen molar-refractivity contribution >= 4 is 17.6 Å². The lowest BCUT2D eigenvalue weighted by molar-refractivity contribution is 0.169. The van der Waals surface area contributed by atoms with Crippen LogP contribution >= 0.6 is 11.8 Å². The number of thioether (sulfide) groups is 1. The molecule has 2 N–H and O–H groups in total. The number of aromatic nitrogens is 1. The van der Waals surface area contributed by atoms with E-state index in [1.54, 1.807) is 24.0 Å². The number of hydrogen-bond donors (Lipinski definition) is 1. The van der Waals surface area contributed by atoms with Crippen molar-refractivity contribution in [1.29, 1.82) is 0 Å². The van der Waals surface area contributed by atoms with Crippen molar-refractivity contribution in [2.24, 2.45) is 0 Å². The number of anilines is 1. The van der Waals surface area contributed by atoms with Crippen LogP contribution in [-0.2, 0) is 11.3 Å². The van der Waals surface area contributed by atoms with Gasteiger partial charge in [-0.15, -0.1) is 0 Å². The predicted molar refractivity (Wildman–Crippen MR) is 70.6 cm³/mol. The molecule has 3 nitrogen and oxygen atoms in total. The van der Waals surface area contributed by atoms with Gasteiger partial charge in [0.2, 0.25) is 0 Å². The Bertz CT molecular complexity index is 445. The molecule has 0 spiro atoms. The largest absolute Gasteiger partial charge is 0.384 e. The number of rotatable bonds is 5. The molecule has 0 aliphatic rings. The summed E-state index contributed by atoms with van der Waals surface area (Å²) in [6, 6.07) is 13.9. The molecule has 0 radical (unpaired) electrons. The van der Waals surface area contributed by atoms with Crippen molar-refractivity contribution in [2.45, 2.75) is 11.5 Å². The van der Waals surface area contributed by atoms with E-state index in [0.29, 0.717) is 18.4 Å². The fourth-order valence-corrected chi connectivity index (χ4v) is 1.91. The minimum Gasteiger partial charge on any atom is -0.384 e. The lowest BCUT2D eigenvalue weighted by Gasteiger charge is -2.04. The zero-order valence-electron chi connectivity index (χ0n) is 9.37. The van der Waals surface area contributed by atoms with Crippen LogP contribution in [0.2, 0.25) is 0 Å². The summed E-state index contributed by atoms with van der Waals surface area (Å²) in [5, 5.41) is 0. The summed E-state index contributed by atoms with van der Waals surface area (Å²) in [6.45, 7) is 0.635. The Kier molecular flexibility index (Phi) is 4.41.